The van der Waals surface area contributed by atoms with Crippen LogP contribution in [0.3, 0.4) is 0 Å². The standard InChI is InChI=1S/C22H33N7O2/c1-18-4-3-7-29-16-19(25-21(18)29)5-6-24-22(23-2)28-10-8-26(9-11-28)17-20(30)27-12-14-31-15-13-27/h3-4,7,16H,5-6,8-15,17H2,1-2H3,(H,23,24). The van der Waals surface area contributed by atoms with Crippen LogP contribution in [0.4, 0.5) is 0 Å². The molecule has 2 aromatic heterocycles. The van der Waals surface area contributed by atoms with E-state index in [0.29, 0.717) is 32.8 Å². The summed E-state index contributed by atoms with van der Waals surface area (Å²) in [7, 11) is 1.82. The van der Waals surface area contributed by atoms with Crippen LogP contribution in [0.25, 0.3) is 5.65 Å². The van der Waals surface area contributed by atoms with Crippen LogP contribution in [0.1, 0.15) is 11.3 Å². The van der Waals surface area contributed by atoms with Crippen molar-refractivity contribution in [1.29, 1.82) is 0 Å². The first-order valence-corrected chi connectivity index (χ1v) is 11.1. The number of amides is 1. The van der Waals surface area contributed by atoms with E-state index in [2.05, 4.69) is 43.7 Å². The summed E-state index contributed by atoms with van der Waals surface area (Å²) in [6.45, 7) is 9.53. The smallest absolute Gasteiger partial charge is 0.236 e. The van der Waals surface area contributed by atoms with E-state index >= 15 is 0 Å². The number of ether oxygens (including phenoxy) is 1. The molecule has 0 aromatic carbocycles. The van der Waals surface area contributed by atoms with Gasteiger partial charge in [-0.1, -0.05) is 6.07 Å². The molecule has 0 unspecified atom stereocenters. The van der Waals surface area contributed by atoms with Crippen molar-refractivity contribution < 1.29 is 9.53 Å². The molecule has 2 aliphatic rings. The van der Waals surface area contributed by atoms with Crippen molar-refractivity contribution >= 4 is 17.5 Å². The third-order valence-corrected chi connectivity index (χ3v) is 6.00. The van der Waals surface area contributed by atoms with Crippen LogP contribution in [-0.4, -0.2) is 109 Å². The zero-order valence-corrected chi connectivity index (χ0v) is 18.6. The molecule has 0 saturated carbocycles. The number of carbonyl (C=O) groups is 1. The van der Waals surface area contributed by atoms with Crippen LogP contribution in [0.2, 0.25) is 0 Å². The number of morpholine rings is 1. The van der Waals surface area contributed by atoms with Gasteiger partial charge in [0.2, 0.25) is 5.91 Å². The lowest BCUT2D eigenvalue weighted by Crippen LogP contribution is -2.55. The molecule has 4 heterocycles. The first kappa shape index (κ1) is 21.6. The monoisotopic (exact) mass is 427 g/mol. The molecular formula is C22H33N7O2. The second-order valence-corrected chi connectivity index (χ2v) is 8.13. The number of hydrogen-bond acceptors (Lipinski definition) is 5. The maximum Gasteiger partial charge on any atom is 0.236 e. The quantitative estimate of drug-likeness (QED) is 0.544. The summed E-state index contributed by atoms with van der Waals surface area (Å²) in [4.78, 5) is 28.1. The van der Waals surface area contributed by atoms with Crippen LogP contribution in [0.15, 0.2) is 29.5 Å². The summed E-state index contributed by atoms with van der Waals surface area (Å²) < 4.78 is 7.41. The van der Waals surface area contributed by atoms with E-state index in [-0.39, 0.29) is 5.91 Å². The van der Waals surface area contributed by atoms with Gasteiger partial charge < -0.3 is 24.3 Å². The Labute approximate surface area is 183 Å². The number of carbonyl (C=O) groups excluding carboxylic acids is 1. The predicted molar refractivity (Wildman–Crippen MR) is 120 cm³/mol. The van der Waals surface area contributed by atoms with Crippen molar-refractivity contribution in [3.63, 3.8) is 0 Å². The summed E-state index contributed by atoms with van der Waals surface area (Å²) in [6, 6.07) is 4.13. The van der Waals surface area contributed by atoms with E-state index in [0.717, 1.165) is 56.4 Å². The van der Waals surface area contributed by atoms with E-state index in [9.17, 15) is 4.79 Å². The fraction of sp³-hybridized carbons (Fsp3) is 0.591. The average molecular weight is 428 g/mol. The van der Waals surface area contributed by atoms with E-state index in [1.54, 1.807) is 0 Å². The van der Waals surface area contributed by atoms with Gasteiger partial charge in [0.15, 0.2) is 5.96 Å². The Balaban J connectivity index is 1.21. The lowest BCUT2D eigenvalue weighted by Gasteiger charge is -2.37. The summed E-state index contributed by atoms with van der Waals surface area (Å²) in [5, 5.41) is 3.47. The molecule has 9 nitrogen and oxygen atoms in total. The molecule has 0 radical (unpaired) electrons. The van der Waals surface area contributed by atoms with Gasteiger partial charge in [0.05, 0.1) is 25.5 Å². The molecule has 2 aromatic rings. The number of nitrogens with one attached hydrogen (secondary N) is 1. The molecular weight excluding hydrogens is 394 g/mol. The second-order valence-electron chi connectivity index (χ2n) is 8.13. The van der Waals surface area contributed by atoms with Crippen molar-refractivity contribution in [1.82, 2.24) is 29.4 Å². The Morgan fingerprint density at radius 1 is 1.16 bits per heavy atom. The molecule has 1 amide bonds. The van der Waals surface area contributed by atoms with Crippen molar-refractivity contribution in [2.45, 2.75) is 13.3 Å². The third kappa shape index (κ3) is 5.34. The Morgan fingerprint density at radius 3 is 2.65 bits per heavy atom. The highest BCUT2D eigenvalue weighted by molar-refractivity contribution is 5.80. The molecule has 0 bridgehead atoms. The number of aromatic nitrogens is 2. The number of guanidine groups is 1. The van der Waals surface area contributed by atoms with Crippen molar-refractivity contribution in [2.75, 3.05) is 72.6 Å². The van der Waals surface area contributed by atoms with E-state index in [4.69, 9.17) is 9.72 Å². The summed E-state index contributed by atoms with van der Waals surface area (Å²) in [5.74, 6) is 1.13. The van der Waals surface area contributed by atoms with Gasteiger partial charge in [-0.15, -0.1) is 0 Å². The van der Waals surface area contributed by atoms with E-state index in [1.807, 2.05) is 24.2 Å². The minimum atomic E-state index is 0.210. The van der Waals surface area contributed by atoms with Gasteiger partial charge in [-0.3, -0.25) is 14.7 Å². The third-order valence-electron chi connectivity index (χ3n) is 6.00. The SMILES string of the molecule is CN=C(NCCc1cn2cccc(C)c2n1)N1CCN(CC(=O)N2CCOCC2)CC1. The Hall–Kier alpha value is -2.65. The molecule has 9 heteroatoms. The predicted octanol–water partition coefficient (Wildman–Crippen LogP) is 0.237. The van der Waals surface area contributed by atoms with E-state index in [1.165, 1.54) is 5.56 Å². The molecule has 0 atom stereocenters. The molecule has 4 rings (SSSR count). The minimum absolute atomic E-state index is 0.210. The lowest BCUT2D eigenvalue weighted by molar-refractivity contribution is -0.136. The molecule has 2 fully saturated rings. The van der Waals surface area contributed by atoms with E-state index < -0.39 is 0 Å². The normalized spacial score (nSPS) is 18.6. The average Bonchev–Trinajstić information content (AvgIpc) is 3.22. The second kappa shape index (κ2) is 10.1. The fourth-order valence-electron chi connectivity index (χ4n) is 4.18. The number of nitrogens with zero attached hydrogens (tertiary/aromatic N) is 6. The highest BCUT2D eigenvalue weighted by Crippen LogP contribution is 2.10. The Bertz CT molecular complexity index is 912. The minimum Gasteiger partial charge on any atom is -0.378 e. The molecule has 2 saturated heterocycles. The van der Waals surface area contributed by atoms with Crippen LogP contribution < -0.4 is 5.32 Å². The maximum atomic E-state index is 12.5. The zero-order chi connectivity index (χ0) is 21.6. The molecule has 1 N–H and O–H groups in total. The Morgan fingerprint density at radius 2 is 1.94 bits per heavy atom. The maximum absolute atomic E-state index is 12.5. The van der Waals surface area contributed by atoms with Crippen LogP contribution >= 0.6 is 0 Å². The number of aliphatic imine (C=N–C) groups is 1. The molecule has 2 aliphatic heterocycles. The zero-order valence-electron chi connectivity index (χ0n) is 18.6. The summed E-state index contributed by atoms with van der Waals surface area (Å²) >= 11 is 0. The number of piperazine rings is 1. The highest BCUT2D eigenvalue weighted by atomic mass is 16.5. The number of aryl methyl sites for hydroxylation is 1. The van der Waals surface area contributed by atoms with Gasteiger partial charge >= 0.3 is 0 Å². The summed E-state index contributed by atoms with van der Waals surface area (Å²) in [6.07, 6.45) is 4.97. The van der Waals surface area contributed by atoms with Crippen LogP contribution in [0.5, 0.6) is 0 Å². The number of hydrogen-bond donors (Lipinski definition) is 1. The van der Waals surface area contributed by atoms with Crippen molar-refractivity contribution in [2.24, 2.45) is 4.99 Å². The first-order chi connectivity index (χ1) is 15.1. The molecule has 168 valence electrons. The number of fused-ring (bicyclic) bond motifs is 1. The number of pyridine rings is 1. The first-order valence-electron chi connectivity index (χ1n) is 11.1. The summed E-state index contributed by atoms with van der Waals surface area (Å²) in [5.41, 5.74) is 3.27. The molecule has 0 aliphatic carbocycles. The topological polar surface area (TPSA) is 77.7 Å². The van der Waals surface area contributed by atoms with Gasteiger partial charge in [-0.2, -0.15) is 0 Å². The number of imidazole rings is 1. The van der Waals surface area contributed by atoms with Gasteiger partial charge in [0.25, 0.3) is 0 Å². The lowest BCUT2D eigenvalue weighted by atomic mass is 10.3. The van der Waals surface area contributed by atoms with Crippen molar-refractivity contribution in [3.8, 4) is 0 Å². The highest BCUT2D eigenvalue weighted by Gasteiger charge is 2.24. The van der Waals surface area contributed by atoms with Crippen LogP contribution in [-0.2, 0) is 16.0 Å². The molecule has 0 spiro atoms. The number of rotatable bonds is 5. The van der Waals surface area contributed by atoms with Gasteiger partial charge in [-0.05, 0) is 18.6 Å². The van der Waals surface area contributed by atoms with Gasteiger partial charge in [0.1, 0.15) is 5.65 Å². The Kier molecular flexibility index (Phi) is 7.03. The fourth-order valence-corrected chi connectivity index (χ4v) is 4.18. The van der Waals surface area contributed by atoms with Crippen LogP contribution in [0, 0.1) is 6.92 Å². The van der Waals surface area contributed by atoms with Gasteiger partial charge in [-0.25, -0.2) is 4.98 Å². The van der Waals surface area contributed by atoms with Crippen molar-refractivity contribution in [3.05, 3.63) is 35.8 Å². The van der Waals surface area contributed by atoms with Gasteiger partial charge in [0, 0.05) is 71.7 Å². The molecule has 31 heavy (non-hydrogen) atoms. The largest absolute Gasteiger partial charge is 0.378 e.